The van der Waals surface area contributed by atoms with Crippen LogP contribution in [0.5, 0.6) is 0 Å². The molecule has 0 saturated carbocycles. The van der Waals surface area contributed by atoms with Gasteiger partial charge in [0.2, 0.25) is 0 Å². The fraction of sp³-hybridized carbons (Fsp3) is 0.696. The van der Waals surface area contributed by atoms with Crippen molar-refractivity contribution in [1.82, 2.24) is 4.98 Å². The highest BCUT2D eigenvalue weighted by atomic mass is 16.7. The second-order valence-corrected chi connectivity index (χ2v) is 11.0. The molecule has 0 radical (unpaired) electrons. The Kier molecular flexibility index (Phi) is 7.08. The number of hydrogen-bond donors (Lipinski definition) is 0. The average molecular weight is 448 g/mol. The van der Waals surface area contributed by atoms with Gasteiger partial charge < -0.3 is 18.8 Å². The number of imide groups is 1. The van der Waals surface area contributed by atoms with Gasteiger partial charge in [0.15, 0.2) is 0 Å². The van der Waals surface area contributed by atoms with Gasteiger partial charge in [-0.2, -0.15) is 4.90 Å². The first-order chi connectivity index (χ1) is 14.4. The summed E-state index contributed by atoms with van der Waals surface area (Å²) >= 11 is 0. The van der Waals surface area contributed by atoms with Gasteiger partial charge in [0, 0.05) is 11.7 Å². The minimum absolute atomic E-state index is 0.281. The van der Waals surface area contributed by atoms with Crippen molar-refractivity contribution in [3.8, 4) is 0 Å². The van der Waals surface area contributed by atoms with Crippen LogP contribution in [0.15, 0.2) is 12.4 Å². The summed E-state index contributed by atoms with van der Waals surface area (Å²) in [5.74, 6) is 0. The molecule has 1 saturated heterocycles. The Hall–Kier alpha value is -2.13. The molecule has 178 valence electrons. The van der Waals surface area contributed by atoms with Crippen LogP contribution in [0, 0.1) is 0 Å². The molecule has 9 heteroatoms. The Labute approximate surface area is 192 Å². The van der Waals surface area contributed by atoms with E-state index in [2.05, 4.69) is 4.98 Å². The highest BCUT2D eigenvalue weighted by molar-refractivity contribution is 6.62. The van der Waals surface area contributed by atoms with Gasteiger partial charge in [0.1, 0.15) is 11.2 Å². The predicted molar refractivity (Wildman–Crippen MR) is 124 cm³/mol. The molecule has 0 N–H and O–H groups in total. The molecule has 0 spiro atoms. The van der Waals surface area contributed by atoms with Gasteiger partial charge in [0.05, 0.1) is 23.1 Å². The molecule has 1 fully saturated rings. The Bertz CT molecular complexity index is 826. The van der Waals surface area contributed by atoms with E-state index >= 15 is 0 Å². The zero-order valence-corrected chi connectivity index (χ0v) is 21.3. The lowest BCUT2D eigenvalue weighted by Gasteiger charge is -2.32. The van der Waals surface area contributed by atoms with E-state index in [-0.39, 0.29) is 5.69 Å². The van der Waals surface area contributed by atoms with Crippen LogP contribution in [0.1, 0.15) is 81.7 Å². The zero-order valence-electron chi connectivity index (χ0n) is 21.3. The van der Waals surface area contributed by atoms with Crippen molar-refractivity contribution in [1.29, 1.82) is 0 Å². The third kappa shape index (κ3) is 5.81. The maximum atomic E-state index is 13.1. The van der Waals surface area contributed by atoms with Crippen molar-refractivity contribution in [3.05, 3.63) is 18.0 Å². The normalized spacial score (nSPS) is 17.8. The second kappa shape index (κ2) is 8.67. The van der Waals surface area contributed by atoms with Crippen molar-refractivity contribution in [3.63, 3.8) is 0 Å². The number of hydrogen-bond acceptors (Lipinski definition) is 7. The molecule has 2 rings (SSSR count). The molecule has 0 aromatic carbocycles. The summed E-state index contributed by atoms with van der Waals surface area (Å²) in [4.78, 5) is 31.4. The minimum atomic E-state index is -0.839. The van der Waals surface area contributed by atoms with E-state index in [9.17, 15) is 9.59 Å². The first-order valence-electron chi connectivity index (χ1n) is 11.0. The smallest absolute Gasteiger partial charge is 0.443 e. The van der Waals surface area contributed by atoms with E-state index in [0.29, 0.717) is 17.4 Å². The standard InChI is InChI=1S/C23H37BN2O6/c1-12-15-16(24-31-22(8,9)23(10,11)32-24)13-25-14-17(15)26(18(27)29-20(2,3)4)19(28)30-21(5,6)7/h13-14H,12H2,1-11H3. The predicted octanol–water partition coefficient (Wildman–Crippen LogP) is 4.62. The van der Waals surface area contributed by atoms with Gasteiger partial charge in [0.25, 0.3) is 0 Å². The van der Waals surface area contributed by atoms with Crippen LogP contribution in [-0.2, 0) is 25.2 Å². The Morgan fingerprint density at radius 3 is 1.75 bits per heavy atom. The third-order valence-corrected chi connectivity index (χ3v) is 5.32. The van der Waals surface area contributed by atoms with E-state index in [1.54, 1.807) is 47.7 Å². The van der Waals surface area contributed by atoms with Crippen molar-refractivity contribution in [2.75, 3.05) is 4.90 Å². The summed E-state index contributed by atoms with van der Waals surface area (Å²) in [6.45, 7) is 20.2. The van der Waals surface area contributed by atoms with Crippen molar-refractivity contribution in [2.45, 2.75) is 105 Å². The lowest BCUT2D eigenvalue weighted by atomic mass is 9.76. The number of anilines is 1. The topological polar surface area (TPSA) is 87.2 Å². The molecule has 1 aromatic heterocycles. The van der Waals surface area contributed by atoms with Crippen LogP contribution < -0.4 is 10.4 Å². The number of nitrogens with zero attached hydrogens (tertiary/aromatic N) is 2. The van der Waals surface area contributed by atoms with Crippen LogP contribution in [0.25, 0.3) is 0 Å². The Balaban J connectivity index is 2.58. The van der Waals surface area contributed by atoms with E-state index < -0.39 is 41.7 Å². The maximum Gasteiger partial charge on any atom is 0.496 e. The van der Waals surface area contributed by atoms with Gasteiger partial charge in [-0.1, -0.05) is 6.92 Å². The SMILES string of the molecule is CCc1c(B2OC(C)(C)C(C)(C)O2)cncc1N(C(=O)OC(C)(C)C)C(=O)OC(C)(C)C. The average Bonchev–Trinajstić information content (AvgIpc) is 2.79. The largest absolute Gasteiger partial charge is 0.496 e. The molecule has 2 heterocycles. The highest BCUT2D eigenvalue weighted by Gasteiger charge is 2.52. The molecule has 8 nitrogen and oxygen atoms in total. The van der Waals surface area contributed by atoms with E-state index in [1.807, 2.05) is 34.6 Å². The molecular weight excluding hydrogens is 411 g/mol. The first kappa shape index (κ1) is 26.1. The molecule has 32 heavy (non-hydrogen) atoms. The van der Waals surface area contributed by atoms with E-state index in [0.717, 1.165) is 4.90 Å². The number of carbonyl (C=O) groups excluding carboxylic acids is 2. The van der Waals surface area contributed by atoms with Gasteiger partial charge in [-0.15, -0.1) is 0 Å². The van der Waals surface area contributed by atoms with Crippen molar-refractivity contribution < 1.29 is 28.4 Å². The number of rotatable bonds is 3. The van der Waals surface area contributed by atoms with Gasteiger partial charge in [-0.3, -0.25) is 4.98 Å². The lowest BCUT2D eigenvalue weighted by molar-refractivity contribution is 0.00578. The zero-order chi connectivity index (χ0) is 24.7. The molecule has 1 aliphatic heterocycles. The quantitative estimate of drug-likeness (QED) is 0.624. The third-order valence-electron chi connectivity index (χ3n) is 5.32. The first-order valence-corrected chi connectivity index (χ1v) is 11.0. The van der Waals surface area contributed by atoms with Crippen LogP contribution in [0.4, 0.5) is 15.3 Å². The molecule has 1 aromatic rings. The van der Waals surface area contributed by atoms with Crippen LogP contribution >= 0.6 is 0 Å². The molecule has 0 bridgehead atoms. The molecular formula is C23H37BN2O6. The van der Waals surface area contributed by atoms with Gasteiger partial charge in [-0.25, -0.2) is 9.59 Å². The summed E-state index contributed by atoms with van der Waals surface area (Å²) < 4.78 is 23.4. The highest BCUT2D eigenvalue weighted by Crippen LogP contribution is 2.37. The number of pyridine rings is 1. The van der Waals surface area contributed by atoms with E-state index in [1.165, 1.54) is 6.20 Å². The fourth-order valence-electron chi connectivity index (χ4n) is 3.13. The molecule has 2 amide bonds. The van der Waals surface area contributed by atoms with Crippen molar-refractivity contribution in [2.24, 2.45) is 0 Å². The Morgan fingerprint density at radius 1 is 0.938 bits per heavy atom. The number of amides is 2. The van der Waals surface area contributed by atoms with Gasteiger partial charge >= 0.3 is 19.3 Å². The monoisotopic (exact) mass is 448 g/mol. The molecule has 0 aliphatic carbocycles. The van der Waals surface area contributed by atoms with Crippen LogP contribution in [0.3, 0.4) is 0 Å². The fourth-order valence-corrected chi connectivity index (χ4v) is 3.13. The number of carbonyl (C=O) groups is 2. The summed E-state index contributed by atoms with van der Waals surface area (Å²) in [5.41, 5.74) is -1.08. The van der Waals surface area contributed by atoms with Crippen molar-refractivity contribution >= 4 is 30.5 Å². The minimum Gasteiger partial charge on any atom is -0.443 e. The molecule has 1 aliphatic rings. The second-order valence-electron chi connectivity index (χ2n) is 11.0. The number of ether oxygens (including phenoxy) is 2. The Morgan fingerprint density at radius 2 is 1.38 bits per heavy atom. The molecule has 0 atom stereocenters. The lowest BCUT2D eigenvalue weighted by Crippen LogP contribution is -2.46. The van der Waals surface area contributed by atoms with Crippen LogP contribution in [-0.4, -0.2) is 46.7 Å². The summed E-state index contributed by atoms with van der Waals surface area (Å²) in [5, 5.41) is 0. The molecule has 0 unspecified atom stereocenters. The summed E-state index contributed by atoms with van der Waals surface area (Å²) in [6, 6.07) is 0. The summed E-state index contributed by atoms with van der Waals surface area (Å²) in [6.07, 6.45) is 1.93. The van der Waals surface area contributed by atoms with Gasteiger partial charge in [-0.05, 0) is 81.2 Å². The van der Waals surface area contributed by atoms with E-state index in [4.69, 9.17) is 18.8 Å². The number of aromatic nitrogens is 1. The van der Waals surface area contributed by atoms with Crippen LogP contribution in [0.2, 0.25) is 0 Å². The summed E-state index contributed by atoms with van der Waals surface area (Å²) in [7, 11) is -0.693. The maximum absolute atomic E-state index is 13.1.